The van der Waals surface area contributed by atoms with E-state index in [-0.39, 0.29) is 24.4 Å². The summed E-state index contributed by atoms with van der Waals surface area (Å²) < 4.78 is 10.6. The molecule has 0 aromatic heterocycles. The number of carbonyl (C=O) groups excluding carboxylic acids is 2. The lowest BCUT2D eigenvalue weighted by molar-refractivity contribution is -0.147. The van der Waals surface area contributed by atoms with Gasteiger partial charge in [0.15, 0.2) is 0 Å². The molecule has 26 heavy (non-hydrogen) atoms. The van der Waals surface area contributed by atoms with Gasteiger partial charge in [0.2, 0.25) is 5.91 Å². The van der Waals surface area contributed by atoms with Crippen LogP contribution in [-0.4, -0.2) is 43.6 Å². The Morgan fingerprint density at radius 3 is 2.69 bits per heavy atom. The first kappa shape index (κ1) is 18.2. The number of esters is 1. The summed E-state index contributed by atoms with van der Waals surface area (Å²) in [7, 11) is 1.64. The molecule has 1 heterocycles. The minimum atomic E-state index is -0.349. The van der Waals surface area contributed by atoms with Crippen molar-refractivity contribution in [3.05, 3.63) is 42.0 Å². The topological polar surface area (TPSA) is 55.8 Å². The lowest BCUT2D eigenvalue weighted by Crippen LogP contribution is -2.38. The van der Waals surface area contributed by atoms with E-state index in [2.05, 4.69) is 0 Å². The Labute approximate surface area is 153 Å². The molecule has 1 amide bonds. The zero-order valence-corrected chi connectivity index (χ0v) is 15.4. The van der Waals surface area contributed by atoms with E-state index >= 15 is 0 Å². The lowest BCUT2D eigenvalue weighted by atomic mass is 9.98. The zero-order valence-electron chi connectivity index (χ0n) is 15.4. The molecule has 2 aromatic rings. The number of methoxy groups -OCH3 is 1. The van der Waals surface area contributed by atoms with Crippen LogP contribution in [0.1, 0.15) is 37.7 Å². The van der Waals surface area contributed by atoms with E-state index in [4.69, 9.17) is 9.47 Å². The van der Waals surface area contributed by atoms with Crippen molar-refractivity contribution < 1.29 is 19.1 Å². The molecule has 138 valence electrons. The average Bonchev–Trinajstić information content (AvgIpc) is 2.67. The van der Waals surface area contributed by atoms with Crippen molar-refractivity contribution in [3.63, 3.8) is 0 Å². The summed E-state index contributed by atoms with van der Waals surface area (Å²) in [5.41, 5.74) is 0.918. The summed E-state index contributed by atoms with van der Waals surface area (Å²) in [5, 5.41) is 2.12. The molecule has 0 radical (unpaired) electrons. The van der Waals surface area contributed by atoms with Crippen LogP contribution in [0.3, 0.4) is 0 Å². The van der Waals surface area contributed by atoms with Gasteiger partial charge in [-0.05, 0) is 48.2 Å². The normalized spacial score (nSPS) is 15.8. The third kappa shape index (κ3) is 4.15. The van der Waals surface area contributed by atoms with Gasteiger partial charge in [0, 0.05) is 13.0 Å². The Bertz CT molecular complexity index is 802. The molecule has 3 rings (SSSR count). The maximum atomic E-state index is 12.4. The van der Waals surface area contributed by atoms with Gasteiger partial charge in [-0.25, -0.2) is 0 Å². The third-order valence-electron chi connectivity index (χ3n) is 4.95. The highest BCUT2D eigenvalue weighted by Gasteiger charge is 2.20. The molecule has 0 aliphatic carbocycles. The van der Waals surface area contributed by atoms with Gasteiger partial charge in [-0.15, -0.1) is 0 Å². The maximum Gasteiger partial charge on any atom is 0.313 e. The van der Waals surface area contributed by atoms with E-state index in [0.29, 0.717) is 13.0 Å². The molecule has 5 nitrogen and oxygen atoms in total. The molecule has 2 aromatic carbocycles. The molecule has 1 unspecified atom stereocenters. The predicted octanol–water partition coefficient (Wildman–Crippen LogP) is 3.51. The molecule has 1 atom stereocenters. The van der Waals surface area contributed by atoms with E-state index in [1.54, 1.807) is 12.0 Å². The van der Waals surface area contributed by atoms with Crippen molar-refractivity contribution >= 4 is 22.6 Å². The quantitative estimate of drug-likeness (QED) is 0.744. The molecule has 1 aliphatic rings. The first-order valence-electron chi connectivity index (χ1n) is 9.10. The number of hydrogen-bond donors (Lipinski definition) is 0. The Balaban J connectivity index is 1.59. The molecule has 1 saturated heterocycles. The number of hydrogen-bond acceptors (Lipinski definition) is 4. The second kappa shape index (κ2) is 8.21. The molecule has 0 bridgehead atoms. The van der Waals surface area contributed by atoms with Crippen molar-refractivity contribution in [2.24, 2.45) is 0 Å². The summed E-state index contributed by atoms with van der Waals surface area (Å²) >= 11 is 0. The van der Waals surface area contributed by atoms with Crippen LogP contribution in [0, 0.1) is 0 Å². The summed E-state index contributed by atoms with van der Waals surface area (Å²) in [4.78, 5) is 25.9. The zero-order chi connectivity index (χ0) is 18.5. The van der Waals surface area contributed by atoms with Crippen LogP contribution in [0.5, 0.6) is 5.75 Å². The monoisotopic (exact) mass is 355 g/mol. The molecular weight excluding hydrogens is 330 g/mol. The van der Waals surface area contributed by atoms with Crippen LogP contribution in [0.2, 0.25) is 0 Å². The SMILES string of the molecule is COc1ccc2cc(C(C)C(=O)OCCN3CCCCC3=O)ccc2c1. The average molecular weight is 355 g/mol. The fraction of sp³-hybridized carbons (Fsp3) is 0.429. The van der Waals surface area contributed by atoms with Gasteiger partial charge in [0.25, 0.3) is 0 Å². The molecule has 0 spiro atoms. The summed E-state index contributed by atoms with van der Waals surface area (Å²) in [6.45, 7) is 3.34. The molecule has 1 aliphatic heterocycles. The van der Waals surface area contributed by atoms with Crippen molar-refractivity contribution in [3.8, 4) is 5.75 Å². The lowest BCUT2D eigenvalue weighted by Gasteiger charge is -2.26. The highest BCUT2D eigenvalue weighted by molar-refractivity contribution is 5.86. The standard InChI is InChI=1S/C21H25NO4/c1-15(21(24)26-12-11-22-10-4-3-5-20(22)23)16-6-7-18-14-19(25-2)9-8-17(18)13-16/h6-9,13-15H,3-5,10-12H2,1-2H3. The Morgan fingerprint density at radius 2 is 1.92 bits per heavy atom. The number of fused-ring (bicyclic) bond motifs is 1. The number of piperidine rings is 1. The molecular formula is C21H25NO4. The molecule has 1 fully saturated rings. The maximum absolute atomic E-state index is 12.4. The highest BCUT2D eigenvalue weighted by atomic mass is 16.5. The van der Waals surface area contributed by atoms with E-state index in [0.717, 1.165) is 41.5 Å². The number of carbonyl (C=O) groups is 2. The smallest absolute Gasteiger partial charge is 0.313 e. The van der Waals surface area contributed by atoms with Crippen LogP contribution in [-0.2, 0) is 14.3 Å². The third-order valence-corrected chi connectivity index (χ3v) is 4.95. The van der Waals surface area contributed by atoms with Gasteiger partial charge in [-0.3, -0.25) is 9.59 Å². The van der Waals surface area contributed by atoms with Crippen molar-refractivity contribution in [1.82, 2.24) is 4.90 Å². The second-order valence-corrected chi connectivity index (χ2v) is 6.70. The first-order valence-corrected chi connectivity index (χ1v) is 9.10. The summed E-state index contributed by atoms with van der Waals surface area (Å²) in [5.74, 6) is 0.358. The number of ether oxygens (including phenoxy) is 2. The fourth-order valence-electron chi connectivity index (χ4n) is 3.25. The fourth-order valence-corrected chi connectivity index (χ4v) is 3.25. The minimum Gasteiger partial charge on any atom is -0.497 e. The van der Waals surface area contributed by atoms with Crippen LogP contribution in [0.25, 0.3) is 10.8 Å². The van der Waals surface area contributed by atoms with Crippen LogP contribution in [0.4, 0.5) is 0 Å². The summed E-state index contributed by atoms with van der Waals surface area (Å²) in [6.07, 6.45) is 2.59. The van der Waals surface area contributed by atoms with E-state index in [1.807, 2.05) is 43.3 Å². The van der Waals surface area contributed by atoms with Crippen molar-refractivity contribution in [2.45, 2.75) is 32.1 Å². The van der Waals surface area contributed by atoms with E-state index in [9.17, 15) is 9.59 Å². The van der Waals surface area contributed by atoms with Gasteiger partial charge >= 0.3 is 5.97 Å². The van der Waals surface area contributed by atoms with Crippen molar-refractivity contribution in [2.75, 3.05) is 26.8 Å². The van der Waals surface area contributed by atoms with Crippen LogP contribution < -0.4 is 4.74 Å². The summed E-state index contributed by atoms with van der Waals surface area (Å²) in [6, 6.07) is 11.8. The number of amides is 1. The van der Waals surface area contributed by atoms with Crippen molar-refractivity contribution in [1.29, 1.82) is 0 Å². The Hall–Kier alpha value is -2.56. The number of likely N-dealkylation sites (tertiary alicyclic amines) is 1. The Morgan fingerprint density at radius 1 is 1.15 bits per heavy atom. The van der Waals surface area contributed by atoms with Gasteiger partial charge in [-0.1, -0.05) is 24.3 Å². The predicted molar refractivity (Wildman–Crippen MR) is 100 cm³/mol. The first-order chi connectivity index (χ1) is 12.6. The molecule has 0 saturated carbocycles. The number of nitrogens with zero attached hydrogens (tertiary/aromatic N) is 1. The number of rotatable bonds is 6. The van der Waals surface area contributed by atoms with Gasteiger partial charge < -0.3 is 14.4 Å². The molecule has 0 N–H and O–H groups in total. The Kier molecular flexibility index (Phi) is 5.76. The van der Waals surface area contributed by atoms with Gasteiger partial charge in [0.1, 0.15) is 12.4 Å². The number of benzene rings is 2. The van der Waals surface area contributed by atoms with Crippen LogP contribution in [0.15, 0.2) is 36.4 Å². The van der Waals surface area contributed by atoms with Gasteiger partial charge in [0.05, 0.1) is 19.6 Å². The van der Waals surface area contributed by atoms with Gasteiger partial charge in [-0.2, -0.15) is 0 Å². The van der Waals surface area contributed by atoms with E-state index < -0.39 is 0 Å². The second-order valence-electron chi connectivity index (χ2n) is 6.70. The largest absolute Gasteiger partial charge is 0.497 e. The molecule has 5 heteroatoms. The van der Waals surface area contributed by atoms with E-state index in [1.165, 1.54) is 0 Å². The minimum absolute atomic E-state index is 0.158. The van der Waals surface area contributed by atoms with Crippen LogP contribution >= 0.6 is 0 Å². The highest BCUT2D eigenvalue weighted by Crippen LogP contribution is 2.25.